The first-order valence-electron chi connectivity index (χ1n) is 9.33. The number of aromatic nitrogens is 2. The van der Waals surface area contributed by atoms with Crippen LogP contribution in [0.25, 0.3) is 0 Å². The smallest absolute Gasteiger partial charge is 0.325 e. The van der Waals surface area contributed by atoms with Crippen LogP contribution in [0, 0.1) is 13.8 Å². The Morgan fingerprint density at radius 1 is 1.10 bits per heavy atom. The molecule has 1 heterocycles. The average Bonchev–Trinajstić information content (AvgIpc) is 2.90. The number of rotatable bonds is 6. The number of carbonyl (C=O) groups is 3. The van der Waals surface area contributed by atoms with E-state index in [1.54, 1.807) is 30.8 Å². The number of esters is 1. The summed E-state index contributed by atoms with van der Waals surface area (Å²) in [6, 6.07) is 7.21. The molecule has 0 spiro atoms. The molecule has 156 valence electrons. The number of hydrogen-bond acceptors (Lipinski definition) is 5. The Morgan fingerprint density at radius 2 is 1.72 bits per heavy atom. The highest BCUT2D eigenvalue weighted by Crippen LogP contribution is 2.22. The highest BCUT2D eigenvalue weighted by Gasteiger charge is 2.16. The van der Waals surface area contributed by atoms with Gasteiger partial charge in [0, 0.05) is 12.6 Å². The van der Waals surface area contributed by atoms with Gasteiger partial charge in [-0.25, -0.2) is 0 Å². The summed E-state index contributed by atoms with van der Waals surface area (Å²) in [6.45, 7) is 9.10. The quantitative estimate of drug-likeness (QED) is 0.724. The lowest BCUT2D eigenvalue weighted by Gasteiger charge is -2.19. The molecule has 2 N–H and O–H groups in total. The molecule has 29 heavy (non-hydrogen) atoms. The largest absolute Gasteiger partial charge is 0.454 e. The standard InChI is InChI=1S/C21H28N4O4/c1-13-19(14(2)25(6)24-13)23-17(26)12-29-18(27)11-22-20(28)15-7-9-16(10-8-15)21(3,4)5/h7-10H,11-12H2,1-6H3,(H,22,28)(H,23,26). The molecule has 0 radical (unpaired) electrons. The van der Waals surface area contributed by atoms with Crippen LogP contribution in [0.4, 0.5) is 5.69 Å². The van der Waals surface area contributed by atoms with E-state index in [1.807, 2.05) is 19.1 Å². The molecule has 0 fully saturated rings. The molecule has 2 amide bonds. The summed E-state index contributed by atoms with van der Waals surface area (Å²) in [5.74, 6) is -1.55. The fourth-order valence-electron chi connectivity index (χ4n) is 2.70. The number of carbonyl (C=O) groups excluding carboxylic acids is 3. The van der Waals surface area contributed by atoms with Crippen molar-refractivity contribution in [3.05, 3.63) is 46.8 Å². The van der Waals surface area contributed by atoms with Crippen LogP contribution >= 0.6 is 0 Å². The summed E-state index contributed by atoms with van der Waals surface area (Å²) < 4.78 is 6.57. The third-order valence-corrected chi connectivity index (χ3v) is 4.54. The summed E-state index contributed by atoms with van der Waals surface area (Å²) >= 11 is 0. The van der Waals surface area contributed by atoms with Crippen LogP contribution in [0.1, 0.15) is 48.1 Å². The Kier molecular flexibility index (Phi) is 6.79. The van der Waals surface area contributed by atoms with Crippen molar-refractivity contribution in [2.45, 2.75) is 40.0 Å². The highest BCUT2D eigenvalue weighted by molar-refractivity contribution is 5.96. The van der Waals surface area contributed by atoms with Gasteiger partial charge in [-0.15, -0.1) is 0 Å². The molecule has 0 saturated carbocycles. The topological polar surface area (TPSA) is 102 Å². The Morgan fingerprint density at radius 3 is 2.24 bits per heavy atom. The van der Waals surface area contributed by atoms with Gasteiger partial charge >= 0.3 is 5.97 Å². The minimum atomic E-state index is -0.695. The van der Waals surface area contributed by atoms with E-state index in [0.717, 1.165) is 11.3 Å². The van der Waals surface area contributed by atoms with Gasteiger partial charge in [0.05, 0.1) is 17.1 Å². The van der Waals surface area contributed by atoms with Gasteiger partial charge in [-0.3, -0.25) is 19.1 Å². The lowest BCUT2D eigenvalue weighted by molar-refractivity contribution is -0.146. The van der Waals surface area contributed by atoms with Crippen LogP contribution in [0.15, 0.2) is 24.3 Å². The number of nitrogens with zero attached hydrogens (tertiary/aromatic N) is 2. The Balaban J connectivity index is 1.79. The molecule has 1 aromatic carbocycles. The summed E-state index contributed by atoms with van der Waals surface area (Å²) in [4.78, 5) is 36.0. The molecule has 8 nitrogen and oxygen atoms in total. The molecule has 0 atom stereocenters. The van der Waals surface area contributed by atoms with E-state index in [4.69, 9.17) is 4.74 Å². The zero-order valence-corrected chi connectivity index (χ0v) is 17.8. The first kappa shape index (κ1) is 22.1. The minimum Gasteiger partial charge on any atom is -0.454 e. The van der Waals surface area contributed by atoms with Gasteiger partial charge in [-0.2, -0.15) is 5.10 Å². The van der Waals surface area contributed by atoms with E-state index in [1.165, 1.54) is 0 Å². The van der Waals surface area contributed by atoms with Crippen LogP contribution in [-0.4, -0.2) is 40.7 Å². The van der Waals surface area contributed by atoms with Crippen molar-refractivity contribution in [2.24, 2.45) is 7.05 Å². The Hall–Kier alpha value is -3.16. The van der Waals surface area contributed by atoms with Crippen molar-refractivity contribution in [3.8, 4) is 0 Å². The lowest BCUT2D eigenvalue weighted by atomic mass is 9.87. The first-order valence-corrected chi connectivity index (χ1v) is 9.33. The van der Waals surface area contributed by atoms with Gasteiger partial charge in [-0.1, -0.05) is 32.9 Å². The second kappa shape index (κ2) is 8.89. The molecule has 0 aliphatic heterocycles. The molecule has 0 bridgehead atoms. The van der Waals surface area contributed by atoms with Gasteiger partial charge in [0.2, 0.25) is 0 Å². The molecule has 2 rings (SSSR count). The molecule has 8 heteroatoms. The molecule has 0 saturated heterocycles. The van der Waals surface area contributed by atoms with Gasteiger partial charge in [0.1, 0.15) is 6.54 Å². The molecule has 0 aliphatic carbocycles. The molecule has 0 aliphatic rings. The van der Waals surface area contributed by atoms with Gasteiger partial charge in [-0.05, 0) is 37.0 Å². The minimum absolute atomic E-state index is 0.00766. The monoisotopic (exact) mass is 400 g/mol. The fourth-order valence-corrected chi connectivity index (χ4v) is 2.70. The Labute approximate surface area is 170 Å². The van der Waals surface area contributed by atoms with Crippen molar-refractivity contribution < 1.29 is 19.1 Å². The van der Waals surface area contributed by atoms with E-state index in [9.17, 15) is 14.4 Å². The number of anilines is 1. The predicted octanol–water partition coefficient (Wildman–Crippen LogP) is 2.25. The molecule has 2 aromatic rings. The summed E-state index contributed by atoms with van der Waals surface area (Å²) in [5.41, 5.74) is 3.62. The first-order chi connectivity index (χ1) is 13.5. The number of aryl methyl sites for hydroxylation is 2. The Bertz CT molecular complexity index is 908. The number of nitrogens with one attached hydrogen (secondary N) is 2. The number of hydrogen-bond donors (Lipinski definition) is 2. The van der Waals surface area contributed by atoms with Crippen molar-refractivity contribution >= 4 is 23.5 Å². The van der Waals surface area contributed by atoms with Crippen LogP contribution in [0.5, 0.6) is 0 Å². The zero-order valence-electron chi connectivity index (χ0n) is 17.8. The van der Waals surface area contributed by atoms with E-state index in [2.05, 4.69) is 36.5 Å². The summed E-state index contributed by atoms with van der Waals surface area (Å²) in [7, 11) is 1.78. The predicted molar refractivity (Wildman–Crippen MR) is 110 cm³/mol. The molecule has 1 aromatic heterocycles. The van der Waals surface area contributed by atoms with E-state index in [0.29, 0.717) is 16.9 Å². The van der Waals surface area contributed by atoms with Crippen molar-refractivity contribution in [1.29, 1.82) is 0 Å². The number of benzene rings is 1. The van der Waals surface area contributed by atoms with Crippen LogP contribution in [0.3, 0.4) is 0 Å². The van der Waals surface area contributed by atoms with E-state index in [-0.39, 0.29) is 17.9 Å². The highest BCUT2D eigenvalue weighted by atomic mass is 16.5. The SMILES string of the molecule is Cc1nn(C)c(C)c1NC(=O)COC(=O)CNC(=O)c1ccc(C(C)(C)C)cc1. The maximum atomic E-state index is 12.2. The van der Waals surface area contributed by atoms with E-state index >= 15 is 0 Å². The molecule has 0 unspecified atom stereocenters. The number of amides is 2. The maximum Gasteiger partial charge on any atom is 0.325 e. The average molecular weight is 400 g/mol. The van der Waals surface area contributed by atoms with Crippen LogP contribution in [0.2, 0.25) is 0 Å². The third kappa shape index (κ3) is 5.91. The van der Waals surface area contributed by atoms with Crippen molar-refractivity contribution in [3.63, 3.8) is 0 Å². The molecular formula is C21H28N4O4. The van der Waals surface area contributed by atoms with Crippen LogP contribution < -0.4 is 10.6 Å². The van der Waals surface area contributed by atoms with E-state index < -0.39 is 18.5 Å². The van der Waals surface area contributed by atoms with Crippen molar-refractivity contribution in [1.82, 2.24) is 15.1 Å². The fraction of sp³-hybridized carbons (Fsp3) is 0.429. The second-order valence-electron chi connectivity index (χ2n) is 7.89. The zero-order chi connectivity index (χ0) is 21.8. The van der Waals surface area contributed by atoms with Crippen LogP contribution in [-0.2, 0) is 26.8 Å². The normalized spacial score (nSPS) is 11.1. The second-order valence-corrected chi connectivity index (χ2v) is 7.89. The summed E-state index contributed by atoms with van der Waals surface area (Å²) in [5, 5.41) is 9.37. The maximum absolute atomic E-state index is 12.2. The van der Waals surface area contributed by atoms with Crippen molar-refractivity contribution in [2.75, 3.05) is 18.5 Å². The van der Waals surface area contributed by atoms with Gasteiger partial charge in [0.25, 0.3) is 11.8 Å². The summed E-state index contributed by atoms with van der Waals surface area (Å²) in [6.07, 6.45) is 0. The number of ether oxygens (including phenoxy) is 1. The molecular weight excluding hydrogens is 372 g/mol. The van der Waals surface area contributed by atoms with Gasteiger partial charge < -0.3 is 15.4 Å². The van der Waals surface area contributed by atoms with Gasteiger partial charge in [0.15, 0.2) is 6.61 Å². The third-order valence-electron chi connectivity index (χ3n) is 4.54. The lowest BCUT2D eigenvalue weighted by Crippen LogP contribution is -2.32.